The summed E-state index contributed by atoms with van der Waals surface area (Å²) in [5, 5.41) is 32.2. The van der Waals surface area contributed by atoms with Gasteiger partial charge in [0.1, 0.15) is 12.5 Å². The zero-order chi connectivity index (χ0) is 15.2. The molecule has 0 saturated carbocycles. The number of rotatable bonds is 5. The van der Waals surface area contributed by atoms with E-state index >= 15 is 0 Å². The van der Waals surface area contributed by atoms with Gasteiger partial charge < -0.3 is 16.8 Å². The van der Waals surface area contributed by atoms with E-state index in [9.17, 15) is 0 Å². The van der Waals surface area contributed by atoms with Crippen LogP contribution in [0.5, 0.6) is 0 Å². The van der Waals surface area contributed by atoms with Crippen LogP contribution in [0, 0.1) is 34.4 Å². The fourth-order valence-corrected chi connectivity index (χ4v) is 0.942. The molecular weight excluding hydrogens is 262 g/mol. The van der Waals surface area contributed by atoms with Crippen LogP contribution in [0.3, 0.4) is 0 Å². The predicted octanol–water partition coefficient (Wildman–Crippen LogP) is -2.43. The molecule has 0 unspecified atom stereocenters. The topological polar surface area (TPSA) is 197 Å². The lowest BCUT2D eigenvalue weighted by atomic mass is 10.4. The number of aliphatic imine (C=N–C) groups is 3. The molecule has 0 fully saturated rings. The molecule has 0 atom stereocenters. The SMILES string of the molecule is N#CN=C(N)NCCC(=NCN=C(N)NC#N)NC#N. The summed E-state index contributed by atoms with van der Waals surface area (Å²) in [6.45, 7) is 0.270. The van der Waals surface area contributed by atoms with Crippen molar-refractivity contribution in [1.82, 2.24) is 16.0 Å². The summed E-state index contributed by atoms with van der Waals surface area (Å²) in [4.78, 5) is 10.9. The molecule has 0 aromatic heterocycles. The average Bonchev–Trinajstić information content (AvgIpc) is 2.39. The van der Waals surface area contributed by atoms with Crippen molar-refractivity contribution >= 4 is 17.8 Å². The molecule has 7 N–H and O–H groups in total. The van der Waals surface area contributed by atoms with Crippen molar-refractivity contribution in [3.63, 3.8) is 0 Å². The Labute approximate surface area is 115 Å². The number of nitrogens with two attached hydrogens (primary N) is 2. The van der Waals surface area contributed by atoms with Crippen molar-refractivity contribution in [3.05, 3.63) is 0 Å². The summed E-state index contributed by atoms with van der Waals surface area (Å²) in [6.07, 6.45) is 5.18. The first-order valence-electron chi connectivity index (χ1n) is 5.23. The van der Waals surface area contributed by atoms with Gasteiger partial charge in [0.2, 0.25) is 18.1 Å². The Kier molecular flexibility index (Phi) is 8.75. The standard InChI is InChI=1S/C9H13N11/c10-3-16-7(1-2-15-8(13)17-4-11)19-6-20-9(14)18-5-12/h1-2,6H2,(H,16,19)(H3,13,15,17)(H3,14,18,20). The lowest BCUT2D eigenvalue weighted by Crippen LogP contribution is -2.34. The van der Waals surface area contributed by atoms with Crippen molar-refractivity contribution < 1.29 is 0 Å². The van der Waals surface area contributed by atoms with E-state index in [1.807, 2.05) is 0 Å². The smallest absolute Gasteiger partial charge is 0.209 e. The third-order valence-electron chi connectivity index (χ3n) is 1.73. The Morgan fingerprint density at radius 1 is 1.00 bits per heavy atom. The summed E-state index contributed by atoms with van der Waals surface area (Å²) in [5.41, 5.74) is 10.6. The number of nitrogens with one attached hydrogen (secondary N) is 3. The fraction of sp³-hybridized carbons (Fsp3) is 0.333. The highest BCUT2D eigenvalue weighted by Gasteiger charge is 1.99. The van der Waals surface area contributed by atoms with Crippen LogP contribution in [0.25, 0.3) is 0 Å². The van der Waals surface area contributed by atoms with Crippen LogP contribution in [-0.2, 0) is 0 Å². The first-order valence-corrected chi connectivity index (χ1v) is 5.23. The Morgan fingerprint density at radius 3 is 2.30 bits per heavy atom. The molecule has 0 bridgehead atoms. The molecule has 11 nitrogen and oxygen atoms in total. The van der Waals surface area contributed by atoms with Crippen LogP contribution >= 0.6 is 0 Å². The lowest BCUT2D eigenvalue weighted by molar-refractivity contribution is 0.876. The minimum absolute atomic E-state index is 0.0238. The molecular formula is C9H13N11. The first kappa shape index (κ1) is 16.5. The maximum Gasteiger partial charge on any atom is 0.209 e. The molecule has 0 saturated heterocycles. The van der Waals surface area contributed by atoms with Gasteiger partial charge >= 0.3 is 0 Å². The van der Waals surface area contributed by atoms with E-state index in [2.05, 4.69) is 30.9 Å². The van der Waals surface area contributed by atoms with Crippen molar-refractivity contribution in [2.24, 2.45) is 26.4 Å². The van der Waals surface area contributed by atoms with E-state index in [0.29, 0.717) is 18.8 Å². The molecule has 0 aromatic carbocycles. The molecule has 0 aromatic rings. The van der Waals surface area contributed by atoms with Crippen LogP contribution < -0.4 is 27.4 Å². The molecule has 0 aliphatic heterocycles. The fourth-order valence-electron chi connectivity index (χ4n) is 0.942. The van der Waals surface area contributed by atoms with Crippen molar-refractivity contribution in [3.8, 4) is 18.6 Å². The number of nitrogens with zero attached hydrogens (tertiary/aromatic N) is 6. The van der Waals surface area contributed by atoms with Gasteiger partial charge in [-0.1, -0.05) is 0 Å². The second kappa shape index (κ2) is 10.6. The molecule has 11 heteroatoms. The molecule has 0 rings (SSSR count). The Hall–Kier alpha value is -3.52. The second-order valence-electron chi connectivity index (χ2n) is 3.04. The van der Waals surface area contributed by atoms with Crippen LogP contribution in [0.2, 0.25) is 0 Å². The van der Waals surface area contributed by atoms with Gasteiger partial charge in [-0.15, -0.1) is 4.99 Å². The number of amidine groups is 1. The van der Waals surface area contributed by atoms with Gasteiger partial charge in [0.15, 0.2) is 12.4 Å². The molecule has 0 amide bonds. The summed E-state index contributed by atoms with van der Waals surface area (Å²) in [5.74, 6) is 0.249. The van der Waals surface area contributed by atoms with Gasteiger partial charge in [0, 0.05) is 13.0 Å². The Bertz CT molecular complexity index is 509. The maximum absolute atomic E-state index is 8.55. The monoisotopic (exact) mass is 275 g/mol. The van der Waals surface area contributed by atoms with Crippen LogP contribution in [-0.4, -0.2) is 31.0 Å². The third kappa shape index (κ3) is 8.61. The number of hydrogen-bond acceptors (Lipinski definition) is 6. The molecule has 20 heavy (non-hydrogen) atoms. The summed E-state index contributed by atoms with van der Waals surface area (Å²) in [7, 11) is 0. The van der Waals surface area contributed by atoms with Gasteiger partial charge in [-0.3, -0.25) is 10.6 Å². The second-order valence-corrected chi connectivity index (χ2v) is 3.04. The zero-order valence-electron chi connectivity index (χ0n) is 10.5. The highest BCUT2D eigenvalue weighted by atomic mass is 15.1. The van der Waals surface area contributed by atoms with Crippen LogP contribution in [0.4, 0.5) is 0 Å². The predicted molar refractivity (Wildman–Crippen MR) is 71.3 cm³/mol. The molecule has 104 valence electrons. The Morgan fingerprint density at radius 2 is 1.70 bits per heavy atom. The summed E-state index contributed by atoms with van der Waals surface area (Å²) < 4.78 is 0. The lowest BCUT2D eigenvalue weighted by Gasteiger charge is -2.05. The van der Waals surface area contributed by atoms with E-state index in [4.69, 9.17) is 27.3 Å². The van der Waals surface area contributed by atoms with E-state index in [1.54, 1.807) is 12.4 Å². The highest BCUT2D eigenvalue weighted by Crippen LogP contribution is 1.84. The van der Waals surface area contributed by atoms with Gasteiger partial charge in [-0.25, -0.2) is 9.98 Å². The van der Waals surface area contributed by atoms with Crippen LogP contribution in [0.1, 0.15) is 6.42 Å². The third-order valence-corrected chi connectivity index (χ3v) is 1.73. The van der Waals surface area contributed by atoms with Gasteiger partial charge in [-0.05, 0) is 0 Å². The minimum Gasteiger partial charge on any atom is -0.369 e. The summed E-state index contributed by atoms with van der Waals surface area (Å²) in [6, 6.07) is 0. The molecule has 0 heterocycles. The largest absolute Gasteiger partial charge is 0.369 e. The van der Waals surface area contributed by atoms with Crippen molar-refractivity contribution in [2.75, 3.05) is 13.2 Å². The van der Waals surface area contributed by atoms with E-state index in [-0.39, 0.29) is 18.6 Å². The van der Waals surface area contributed by atoms with E-state index in [1.165, 1.54) is 6.19 Å². The molecule has 0 aliphatic carbocycles. The minimum atomic E-state index is -0.0731. The molecule has 0 radical (unpaired) electrons. The number of hydrogen-bond donors (Lipinski definition) is 5. The van der Waals surface area contributed by atoms with Gasteiger partial charge in [0.05, 0.1) is 0 Å². The number of nitriles is 3. The maximum atomic E-state index is 8.55. The van der Waals surface area contributed by atoms with Gasteiger partial charge in [-0.2, -0.15) is 15.8 Å². The number of guanidine groups is 2. The summed E-state index contributed by atoms with van der Waals surface area (Å²) >= 11 is 0. The quantitative estimate of drug-likeness (QED) is 0.158. The van der Waals surface area contributed by atoms with E-state index < -0.39 is 0 Å². The zero-order valence-corrected chi connectivity index (χ0v) is 10.5. The highest BCUT2D eigenvalue weighted by molar-refractivity contribution is 5.85. The Balaban J connectivity index is 4.34. The molecule has 0 aliphatic rings. The van der Waals surface area contributed by atoms with E-state index in [0.717, 1.165) is 0 Å². The van der Waals surface area contributed by atoms with Gasteiger partial charge in [0.25, 0.3) is 0 Å². The normalized spacial score (nSPS) is 11.8. The van der Waals surface area contributed by atoms with Crippen molar-refractivity contribution in [2.45, 2.75) is 6.42 Å². The van der Waals surface area contributed by atoms with Crippen LogP contribution in [0.15, 0.2) is 15.0 Å². The molecule has 0 spiro atoms. The average molecular weight is 275 g/mol. The first-order chi connectivity index (χ1) is 9.63. The van der Waals surface area contributed by atoms with Crippen molar-refractivity contribution in [1.29, 1.82) is 15.8 Å².